The Balaban J connectivity index is 0.000000224. The molecular formula is C42H53Cl2IN8O4Si2. The molecule has 0 unspecified atom stereocenters. The molecule has 0 spiro atoms. The number of fused-ring (bicyclic) bond motifs is 2. The smallest absolute Gasteiger partial charge is 0.254 e. The minimum Gasteiger partial charge on any atom is -0.361 e. The van der Waals surface area contributed by atoms with Gasteiger partial charge in [0.15, 0.2) is 0 Å². The zero-order chi connectivity index (χ0) is 43.2. The van der Waals surface area contributed by atoms with Gasteiger partial charge in [0, 0.05) is 138 Å². The van der Waals surface area contributed by atoms with Gasteiger partial charge in [0.1, 0.15) is 24.8 Å². The molecule has 12 nitrogen and oxygen atoms in total. The number of nitrogens with zero attached hydrogens (tertiary/aromatic N) is 8. The molecule has 6 heterocycles. The molecule has 0 saturated carbocycles. The zero-order valence-electron chi connectivity index (χ0n) is 35.4. The van der Waals surface area contributed by atoms with Crippen molar-refractivity contribution < 1.29 is 19.1 Å². The molecular weight excluding hydrogens is 934 g/mol. The Kier molecular flexibility index (Phi) is 15.5. The Morgan fingerprint density at radius 3 is 1.66 bits per heavy atom. The maximum absolute atomic E-state index is 12.3. The fourth-order valence-electron chi connectivity index (χ4n) is 5.89. The lowest BCUT2D eigenvalue weighted by Gasteiger charge is -2.15. The first-order chi connectivity index (χ1) is 27.8. The van der Waals surface area contributed by atoms with Crippen molar-refractivity contribution in [2.24, 2.45) is 0 Å². The van der Waals surface area contributed by atoms with E-state index >= 15 is 0 Å². The average Bonchev–Trinajstić information content (AvgIpc) is 3.75. The summed E-state index contributed by atoms with van der Waals surface area (Å²) in [6.07, 6.45) is 13.9. The van der Waals surface area contributed by atoms with Crippen molar-refractivity contribution in [1.29, 1.82) is 0 Å². The summed E-state index contributed by atoms with van der Waals surface area (Å²) in [6, 6.07) is 7.78. The van der Waals surface area contributed by atoms with Crippen molar-refractivity contribution >= 4 is 95.8 Å². The molecule has 17 heteroatoms. The molecule has 314 valence electrons. The molecule has 0 fully saturated rings. The molecule has 6 aromatic heterocycles. The quantitative estimate of drug-likeness (QED) is 0.0601. The van der Waals surface area contributed by atoms with E-state index in [1.54, 1.807) is 77.5 Å². The molecule has 2 amide bonds. The second-order valence-electron chi connectivity index (χ2n) is 17.2. The molecule has 59 heavy (non-hydrogen) atoms. The molecule has 0 radical (unpaired) electrons. The van der Waals surface area contributed by atoms with Crippen LogP contribution >= 0.6 is 45.8 Å². The predicted molar refractivity (Wildman–Crippen MR) is 253 cm³/mol. The Morgan fingerprint density at radius 2 is 1.17 bits per heavy atom. The molecule has 0 saturated heterocycles. The van der Waals surface area contributed by atoms with Gasteiger partial charge >= 0.3 is 0 Å². The van der Waals surface area contributed by atoms with Crippen LogP contribution in [0.25, 0.3) is 44.3 Å². The minimum absolute atomic E-state index is 0.105. The van der Waals surface area contributed by atoms with Crippen molar-refractivity contribution in [1.82, 2.24) is 38.9 Å². The van der Waals surface area contributed by atoms with Crippen LogP contribution in [0.15, 0.2) is 67.8 Å². The standard InChI is InChI=1S/C21H26ClIN4O2Si.C21H27ClN4O2Si/c1-26(2)21(28)15-8-14(9-24-10-15)16-11-25-20-18(19(16)22)17(23)12-27(20)13-29-6-7-30(3,4)5;1-25(2)21(27)16-10-15(11-23-12-16)18-13-24-20-17(19(18)22)6-7-26(20)14-28-8-9-29(3,4)5/h8-12H,6-7,13H2,1-5H3;6-7,10-13H,8-9,14H2,1-5H3. The molecule has 0 aromatic carbocycles. The van der Waals surface area contributed by atoms with Gasteiger partial charge in [0.25, 0.3) is 11.8 Å². The van der Waals surface area contributed by atoms with Crippen LogP contribution in [0, 0.1) is 3.57 Å². The van der Waals surface area contributed by atoms with Crippen LogP contribution in [0.5, 0.6) is 0 Å². The fraction of sp³-hybridized carbons (Fsp3) is 0.381. The third kappa shape index (κ3) is 12.0. The Morgan fingerprint density at radius 1 is 0.695 bits per heavy atom. The normalized spacial score (nSPS) is 11.8. The molecule has 0 aliphatic heterocycles. The van der Waals surface area contributed by atoms with Gasteiger partial charge in [-0.1, -0.05) is 62.5 Å². The first-order valence-electron chi connectivity index (χ1n) is 19.2. The summed E-state index contributed by atoms with van der Waals surface area (Å²) in [6.45, 7) is 16.4. The van der Waals surface area contributed by atoms with Gasteiger partial charge in [0.2, 0.25) is 0 Å². The van der Waals surface area contributed by atoms with Crippen molar-refractivity contribution in [3.8, 4) is 22.3 Å². The van der Waals surface area contributed by atoms with E-state index in [-0.39, 0.29) is 11.8 Å². The van der Waals surface area contributed by atoms with E-state index < -0.39 is 16.1 Å². The molecule has 0 aliphatic rings. The predicted octanol–water partition coefficient (Wildman–Crippen LogP) is 10.1. The van der Waals surface area contributed by atoms with Crippen LogP contribution in [0.4, 0.5) is 0 Å². The molecule has 0 bridgehead atoms. The summed E-state index contributed by atoms with van der Waals surface area (Å²) in [5.41, 5.74) is 5.61. The molecule has 6 aromatic rings. The van der Waals surface area contributed by atoms with Gasteiger partial charge in [0.05, 0.1) is 26.6 Å². The number of aromatic nitrogens is 6. The highest BCUT2D eigenvalue weighted by atomic mass is 127. The lowest BCUT2D eigenvalue weighted by atomic mass is 10.1. The monoisotopic (exact) mass is 986 g/mol. The van der Waals surface area contributed by atoms with Gasteiger partial charge in [-0.3, -0.25) is 19.6 Å². The van der Waals surface area contributed by atoms with E-state index in [2.05, 4.69) is 81.8 Å². The topological polar surface area (TPSA) is 121 Å². The van der Waals surface area contributed by atoms with E-state index in [1.807, 2.05) is 27.6 Å². The maximum atomic E-state index is 12.3. The Bertz CT molecular complexity index is 2440. The number of carbonyl (C=O) groups excluding carboxylic acids is 2. The molecule has 0 aliphatic carbocycles. The highest BCUT2D eigenvalue weighted by Crippen LogP contribution is 2.37. The van der Waals surface area contributed by atoms with Gasteiger partial charge in [-0.25, -0.2) is 9.97 Å². The van der Waals surface area contributed by atoms with Crippen LogP contribution < -0.4 is 0 Å². The van der Waals surface area contributed by atoms with Gasteiger partial charge in [-0.15, -0.1) is 0 Å². The lowest BCUT2D eigenvalue weighted by Crippen LogP contribution is -2.22. The van der Waals surface area contributed by atoms with E-state index in [0.29, 0.717) is 34.6 Å². The van der Waals surface area contributed by atoms with Crippen LogP contribution in [-0.2, 0) is 22.9 Å². The number of rotatable bonds is 14. The fourth-order valence-corrected chi connectivity index (χ4v) is 9.06. The second kappa shape index (κ2) is 19.8. The average molecular weight is 988 g/mol. The highest BCUT2D eigenvalue weighted by molar-refractivity contribution is 14.1. The summed E-state index contributed by atoms with van der Waals surface area (Å²) < 4.78 is 16.7. The van der Waals surface area contributed by atoms with E-state index in [1.165, 1.54) is 9.80 Å². The SMILES string of the molecule is CN(C)C(=O)c1cncc(-c2cnc3c(c(I)cn3COCC[Si](C)(C)C)c2Cl)c1.CN(C)C(=O)c1cncc(-c2cnc3c(ccn3COCC[Si](C)(C)C)c2Cl)c1. The van der Waals surface area contributed by atoms with E-state index in [4.69, 9.17) is 32.7 Å². The minimum atomic E-state index is -1.12. The van der Waals surface area contributed by atoms with Crippen molar-refractivity contribution in [2.75, 3.05) is 41.4 Å². The second-order valence-corrected chi connectivity index (χ2v) is 30.3. The first kappa shape index (κ1) is 46.4. The highest BCUT2D eigenvalue weighted by Gasteiger charge is 2.20. The molecule has 0 N–H and O–H groups in total. The van der Waals surface area contributed by atoms with Crippen LogP contribution in [0.1, 0.15) is 20.7 Å². The lowest BCUT2D eigenvalue weighted by molar-refractivity contribution is 0.0820. The number of hydrogen-bond donors (Lipinski definition) is 0. The van der Waals surface area contributed by atoms with E-state index in [9.17, 15) is 9.59 Å². The summed E-state index contributed by atoms with van der Waals surface area (Å²) in [5.74, 6) is -0.211. The number of halogens is 3. The van der Waals surface area contributed by atoms with Crippen LogP contribution in [-0.4, -0.2) is 108 Å². The third-order valence-electron chi connectivity index (χ3n) is 9.36. The first-order valence-corrected chi connectivity index (χ1v) is 28.5. The largest absolute Gasteiger partial charge is 0.361 e. The molecule has 0 atom stereocenters. The van der Waals surface area contributed by atoms with Crippen molar-refractivity contribution in [2.45, 2.75) is 64.8 Å². The number of pyridine rings is 4. The Hall–Kier alpha value is -3.72. The van der Waals surface area contributed by atoms with Gasteiger partial charge in [-0.2, -0.15) is 0 Å². The van der Waals surface area contributed by atoms with E-state index in [0.717, 1.165) is 73.2 Å². The summed E-state index contributed by atoms with van der Waals surface area (Å²) >= 11 is 15.8. The summed E-state index contributed by atoms with van der Waals surface area (Å²) in [4.78, 5) is 45.3. The number of hydrogen-bond acceptors (Lipinski definition) is 8. The Labute approximate surface area is 372 Å². The zero-order valence-corrected chi connectivity index (χ0v) is 41.1. The van der Waals surface area contributed by atoms with Crippen LogP contribution in [0.2, 0.25) is 61.4 Å². The summed E-state index contributed by atoms with van der Waals surface area (Å²) in [5, 5.41) is 2.92. The molecule has 6 rings (SSSR count). The maximum Gasteiger partial charge on any atom is 0.254 e. The number of ether oxygens (including phenoxy) is 2. The third-order valence-corrected chi connectivity index (χ3v) is 14.4. The van der Waals surface area contributed by atoms with Crippen molar-refractivity contribution in [3.05, 3.63) is 92.5 Å². The number of carbonyl (C=O) groups is 2. The summed E-state index contributed by atoms with van der Waals surface area (Å²) in [7, 11) is 4.62. The van der Waals surface area contributed by atoms with Crippen molar-refractivity contribution in [3.63, 3.8) is 0 Å². The van der Waals surface area contributed by atoms with Gasteiger partial charge < -0.3 is 28.4 Å². The van der Waals surface area contributed by atoms with Crippen LogP contribution in [0.3, 0.4) is 0 Å². The van der Waals surface area contributed by atoms with Gasteiger partial charge in [-0.05, 0) is 52.9 Å². The number of amides is 2.